The summed E-state index contributed by atoms with van der Waals surface area (Å²) in [5.41, 5.74) is 2.71. The molecule has 0 radical (unpaired) electrons. The maximum Gasteiger partial charge on any atom is 0.273 e. The second kappa shape index (κ2) is 9.47. The highest BCUT2D eigenvalue weighted by Crippen LogP contribution is 2.16. The van der Waals surface area contributed by atoms with Crippen LogP contribution >= 0.6 is 11.8 Å². The summed E-state index contributed by atoms with van der Waals surface area (Å²) < 4.78 is 12.9. The Kier molecular flexibility index (Phi) is 6.77. The number of hydrogen-bond donors (Lipinski definition) is 2. The van der Waals surface area contributed by atoms with Gasteiger partial charge in [0.25, 0.3) is 5.56 Å². The number of carbonyl (C=O) groups excluding carboxylic acids is 1. The molecule has 0 saturated carbocycles. The Bertz CT molecular complexity index is 1030. The first-order valence-corrected chi connectivity index (χ1v) is 10.1. The third-order valence-corrected chi connectivity index (χ3v) is 5.09. The lowest BCUT2D eigenvalue weighted by atomic mass is 10.0. The highest BCUT2D eigenvalue weighted by molar-refractivity contribution is 7.99. The molecule has 6 nitrogen and oxygen atoms in total. The summed E-state index contributed by atoms with van der Waals surface area (Å²) in [4.78, 5) is 26.9. The topological polar surface area (TPSA) is 87.7 Å². The average Bonchev–Trinajstić information content (AvgIpc) is 2.70. The van der Waals surface area contributed by atoms with Gasteiger partial charge in [-0.1, -0.05) is 49.9 Å². The van der Waals surface area contributed by atoms with E-state index in [1.165, 1.54) is 29.8 Å². The lowest BCUT2D eigenvalue weighted by Gasteiger charge is -2.07. The zero-order valence-corrected chi connectivity index (χ0v) is 16.9. The molecule has 0 spiro atoms. The standard InChI is InChI=1S/C21H21FN4O2S/c1-13(2)15-5-3-14(4-6-15)11-18-20(28)24-21(26-25-18)29-12-19(27)23-17-9-7-16(22)8-10-17/h3-10,13H,11-12H2,1-2H3,(H,23,27)(H,24,26,28). The molecule has 0 aliphatic rings. The molecule has 0 bridgehead atoms. The third kappa shape index (κ3) is 5.99. The summed E-state index contributed by atoms with van der Waals surface area (Å²) in [6, 6.07) is 13.5. The van der Waals surface area contributed by atoms with Crippen LogP contribution in [0.2, 0.25) is 0 Å². The number of carbonyl (C=O) groups is 1. The van der Waals surface area contributed by atoms with E-state index in [1.54, 1.807) is 0 Å². The minimum absolute atomic E-state index is 0.0397. The van der Waals surface area contributed by atoms with E-state index >= 15 is 0 Å². The monoisotopic (exact) mass is 412 g/mol. The molecular weight excluding hydrogens is 391 g/mol. The molecule has 150 valence electrons. The van der Waals surface area contributed by atoms with Crippen LogP contribution in [-0.2, 0) is 11.2 Å². The van der Waals surface area contributed by atoms with Crippen LogP contribution in [0.4, 0.5) is 10.1 Å². The van der Waals surface area contributed by atoms with Crippen molar-refractivity contribution in [2.75, 3.05) is 11.1 Å². The number of H-pyrrole nitrogens is 1. The first kappa shape index (κ1) is 20.7. The maximum atomic E-state index is 12.9. The number of halogens is 1. The molecule has 1 aromatic heterocycles. The van der Waals surface area contributed by atoms with E-state index in [1.807, 2.05) is 24.3 Å². The quantitative estimate of drug-likeness (QED) is 0.577. The first-order chi connectivity index (χ1) is 13.9. The first-order valence-electron chi connectivity index (χ1n) is 9.13. The molecule has 0 unspecified atom stereocenters. The van der Waals surface area contributed by atoms with Crippen LogP contribution in [0.15, 0.2) is 58.5 Å². The lowest BCUT2D eigenvalue weighted by molar-refractivity contribution is -0.113. The van der Waals surface area contributed by atoms with Gasteiger partial charge in [-0.3, -0.25) is 14.6 Å². The summed E-state index contributed by atoms with van der Waals surface area (Å²) in [6.07, 6.45) is 0.386. The summed E-state index contributed by atoms with van der Waals surface area (Å²) in [7, 11) is 0. The molecule has 1 heterocycles. The highest BCUT2D eigenvalue weighted by Gasteiger charge is 2.10. The Hall–Kier alpha value is -3.00. The third-order valence-electron chi connectivity index (χ3n) is 4.23. The number of aromatic amines is 1. The number of hydrogen-bond acceptors (Lipinski definition) is 5. The van der Waals surface area contributed by atoms with Crippen LogP contribution in [0.5, 0.6) is 0 Å². The fourth-order valence-electron chi connectivity index (χ4n) is 2.60. The average molecular weight is 412 g/mol. The molecule has 8 heteroatoms. The molecule has 0 aliphatic heterocycles. The highest BCUT2D eigenvalue weighted by atomic mass is 32.2. The maximum absolute atomic E-state index is 12.9. The molecule has 2 N–H and O–H groups in total. The van der Waals surface area contributed by atoms with Gasteiger partial charge >= 0.3 is 0 Å². The second-order valence-corrected chi connectivity index (χ2v) is 7.79. The van der Waals surface area contributed by atoms with Gasteiger partial charge in [-0.25, -0.2) is 4.39 Å². The molecule has 0 atom stereocenters. The molecule has 2 aromatic carbocycles. The van der Waals surface area contributed by atoms with Crippen molar-refractivity contribution >= 4 is 23.4 Å². The molecule has 0 fully saturated rings. The van der Waals surface area contributed by atoms with Crippen molar-refractivity contribution in [2.24, 2.45) is 0 Å². The van der Waals surface area contributed by atoms with Crippen molar-refractivity contribution < 1.29 is 9.18 Å². The second-order valence-electron chi connectivity index (χ2n) is 6.82. The van der Waals surface area contributed by atoms with Gasteiger partial charge in [-0.15, -0.1) is 10.2 Å². The number of thioether (sulfide) groups is 1. The summed E-state index contributed by atoms with van der Waals surface area (Å²) >= 11 is 1.07. The van der Waals surface area contributed by atoms with Crippen molar-refractivity contribution in [1.82, 2.24) is 15.2 Å². The van der Waals surface area contributed by atoms with Gasteiger partial charge in [-0.05, 0) is 41.3 Å². The molecular formula is C21H21FN4O2S. The number of rotatable bonds is 7. The number of anilines is 1. The molecule has 29 heavy (non-hydrogen) atoms. The van der Waals surface area contributed by atoms with Gasteiger partial charge in [0, 0.05) is 12.1 Å². The van der Waals surface area contributed by atoms with E-state index in [0.717, 1.165) is 17.3 Å². The molecule has 3 aromatic rings. The van der Waals surface area contributed by atoms with E-state index in [4.69, 9.17) is 0 Å². The number of aromatic nitrogens is 3. The summed E-state index contributed by atoms with van der Waals surface area (Å²) in [5, 5.41) is 10.9. The number of nitrogens with zero attached hydrogens (tertiary/aromatic N) is 2. The van der Waals surface area contributed by atoms with Crippen LogP contribution in [-0.4, -0.2) is 26.8 Å². The minimum atomic E-state index is -0.374. The predicted octanol–water partition coefficient (Wildman–Crippen LogP) is 3.75. The van der Waals surface area contributed by atoms with Crippen LogP contribution in [0.3, 0.4) is 0 Å². The Morgan fingerprint density at radius 1 is 1.10 bits per heavy atom. The smallest absolute Gasteiger partial charge is 0.273 e. The molecule has 0 saturated heterocycles. The van der Waals surface area contributed by atoms with Crippen LogP contribution in [0, 0.1) is 5.82 Å². The van der Waals surface area contributed by atoms with Gasteiger partial charge in [0.05, 0.1) is 5.75 Å². The largest absolute Gasteiger partial charge is 0.325 e. The number of amides is 1. The Morgan fingerprint density at radius 2 is 1.79 bits per heavy atom. The van der Waals surface area contributed by atoms with Crippen LogP contribution in [0.25, 0.3) is 0 Å². The van der Waals surface area contributed by atoms with E-state index < -0.39 is 0 Å². The van der Waals surface area contributed by atoms with Gasteiger partial charge in [-0.2, -0.15) is 0 Å². The van der Waals surface area contributed by atoms with Crippen LogP contribution in [0.1, 0.15) is 36.6 Å². The predicted molar refractivity (Wildman–Crippen MR) is 112 cm³/mol. The molecule has 0 aliphatic carbocycles. The van der Waals surface area contributed by atoms with Gasteiger partial charge in [0.2, 0.25) is 5.91 Å². The van der Waals surface area contributed by atoms with Gasteiger partial charge in [0.15, 0.2) is 5.16 Å². The fourth-order valence-corrected chi connectivity index (χ4v) is 3.21. The SMILES string of the molecule is CC(C)c1ccc(Cc2nnc(SCC(=O)Nc3ccc(F)cc3)[nH]c2=O)cc1. The Labute approximate surface area is 172 Å². The summed E-state index contributed by atoms with van der Waals surface area (Å²) in [5.74, 6) is -0.179. The van der Waals surface area contributed by atoms with E-state index in [0.29, 0.717) is 23.7 Å². The van der Waals surface area contributed by atoms with Gasteiger partial charge in [0.1, 0.15) is 11.5 Å². The number of nitrogens with one attached hydrogen (secondary N) is 2. The van der Waals surface area contributed by atoms with Crippen molar-refractivity contribution in [1.29, 1.82) is 0 Å². The minimum Gasteiger partial charge on any atom is -0.325 e. The zero-order chi connectivity index (χ0) is 20.8. The van der Waals surface area contributed by atoms with Crippen molar-refractivity contribution in [2.45, 2.75) is 31.3 Å². The Balaban J connectivity index is 1.56. The molecule has 3 rings (SSSR count). The Morgan fingerprint density at radius 3 is 2.41 bits per heavy atom. The van der Waals surface area contributed by atoms with Gasteiger partial charge < -0.3 is 5.32 Å². The van der Waals surface area contributed by atoms with E-state index in [9.17, 15) is 14.0 Å². The van der Waals surface area contributed by atoms with Crippen LogP contribution < -0.4 is 10.9 Å². The van der Waals surface area contributed by atoms with Crippen molar-refractivity contribution in [3.05, 3.63) is 81.5 Å². The fraction of sp³-hybridized carbons (Fsp3) is 0.238. The van der Waals surface area contributed by atoms with Crippen molar-refractivity contribution in [3.63, 3.8) is 0 Å². The van der Waals surface area contributed by atoms with E-state index in [2.05, 4.69) is 34.3 Å². The number of benzene rings is 2. The molecule has 1 amide bonds. The van der Waals surface area contributed by atoms with Crippen molar-refractivity contribution in [3.8, 4) is 0 Å². The summed E-state index contributed by atoms with van der Waals surface area (Å²) in [6.45, 7) is 4.25. The normalized spacial score (nSPS) is 10.9. The van der Waals surface area contributed by atoms with E-state index in [-0.39, 0.29) is 28.2 Å². The lowest BCUT2D eigenvalue weighted by Crippen LogP contribution is -2.19. The zero-order valence-electron chi connectivity index (χ0n) is 16.1.